The van der Waals surface area contributed by atoms with E-state index in [4.69, 9.17) is 28.9 Å². The summed E-state index contributed by atoms with van der Waals surface area (Å²) < 4.78 is 0. The molecule has 0 heterocycles. The molecule has 2 fully saturated rings. The highest BCUT2D eigenvalue weighted by Crippen LogP contribution is 2.51. The van der Waals surface area contributed by atoms with Crippen LogP contribution >= 0.6 is 23.2 Å². The highest BCUT2D eigenvalue weighted by Gasteiger charge is 2.46. The second-order valence-corrected chi connectivity index (χ2v) is 6.57. The van der Waals surface area contributed by atoms with Crippen LogP contribution in [0.2, 0.25) is 10.0 Å². The number of nitrogens with one attached hydrogen (secondary N) is 1. The molecule has 1 aromatic carbocycles. The van der Waals surface area contributed by atoms with E-state index in [2.05, 4.69) is 5.32 Å². The molecule has 0 aromatic heterocycles. The molecule has 0 saturated heterocycles. The molecule has 5 heteroatoms. The summed E-state index contributed by atoms with van der Waals surface area (Å²) in [5.41, 5.74) is 6.70. The molecule has 3 N–H and O–H groups in total. The summed E-state index contributed by atoms with van der Waals surface area (Å²) in [6.07, 6.45) is 3.20. The van der Waals surface area contributed by atoms with Gasteiger partial charge in [0, 0.05) is 18.5 Å². The van der Waals surface area contributed by atoms with Crippen LogP contribution in [0, 0.1) is 11.8 Å². The molecule has 1 amide bonds. The Balaban J connectivity index is 1.63. The summed E-state index contributed by atoms with van der Waals surface area (Å²) in [6.45, 7) is 0.520. The van der Waals surface area contributed by atoms with E-state index in [1.165, 1.54) is 12.8 Å². The van der Waals surface area contributed by atoms with Crippen molar-refractivity contribution in [1.82, 2.24) is 5.32 Å². The molecule has 2 saturated carbocycles. The zero-order chi connectivity index (χ0) is 14.3. The summed E-state index contributed by atoms with van der Waals surface area (Å²) in [6, 6.07) is 5.73. The third kappa shape index (κ3) is 2.80. The molecule has 20 heavy (non-hydrogen) atoms. The van der Waals surface area contributed by atoms with E-state index in [0.29, 0.717) is 22.5 Å². The van der Waals surface area contributed by atoms with Gasteiger partial charge < -0.3 is 11.1 Å². The first kappa shape index (κ1) is 14.2. The topological polar surface area (TPSA) is 55.1 Å². The first-order chi connectivity index (χ1) is 9.61. The van der Waals surface area contributed by atoms with E-state index in [0.717, 1.165) is 12.0 Å². The number of rotatable bonds is 5. The third-order valence-electron chi connectivity index (χ3n) is 4.28. The maximum absolute atomic E-state index is 12.2. The highest BCUT2D eigenvalue weighted by atomic mass is 35.5. The van der Waals surface area contributed by atoms with Gasteiger partial charge in [-0.1, -0.05) is 35.3 Å². The minimum atomic E-state index is 0.0127. The Morgan fingerprint density at radius 2 is 2.15 bits per heavy atom. The second-order valence-electron chi connectivity index (χ2n) is 5.78. The fourth-order valence-electron chi connectivity index (χ4n) is 2.79. The largest absolute Gasteiger partial charge is 0.352 e. The van der Waals surface area contributed by atoms with E-state index in [-0.39, 0.29) is 23.8 Å². The van der Waals surface area contributed by atoms with Crippen molar-refractivity contribution >= 4 is 29.1 Å². The Hall–Kier alpha value is -0.770. The molecule has 2 aliphatic rings. The number of amides is 1. The molecule has 108 valence electrons. The molecular weight excluding hydrogens is 295 g/mol. The Bertz CT molecular complexity index is 531. The number of halogens is 2. The number of hydrogen-bond acceptors (Lipinski definition) is 2. The lowest BCUT2D eigenvalue weighted by Gasteiger charge is -2.16. The van der Waals surface area contributed by atoms with Gasteiger partial charge in [0.2, 0.25) is 5.91 Å². The third-order valence-corrected chi connectivity index (χ3v) is 5.11. The van der Waals surface area contributed by atoms with Crippen molar-refractivity contribution in [3.05, 3.63) is 33.8 Å². The van der Waals surface area contributed by atoms with E-state index in [1.807, 2.05) is 12.1 Å². The number of hydrogen-bond donors (Lipinski definition) is 2. The van der Waals surface area contributed by atoms with Crippen LogP contribution in [-0.2, 0) is 4.79 Å². The van der Waals surface area contributed by atoms with Crippen molar-refractivity contribution in [1.29, 1.82) is 0 Å². The van der Waals surface area contributed by atoms with Crippen molar-refractivity contribution in [3.63, 3.8) is 0 Å². The van der Waals surface area contributed by atoms with Gasteiger partial charge in [0.15, 0.2) is 0 Å². The summed E-state index contributed by atoms with van der Waals surface area (Å²) in [5, 5.41) is 4.21. The van der Waals surface area contributed by atoms with Gasteiger partial charge in [0.1, 0.15) is 0 Å². The number of benzene rings is 1. The lowest BCUT2D eigenvalue weighted by Crippen LogP contribution is -2.42. The highest BCUT2D eigenvalue weighted by molar-refractivity contribution is 6.42. The Kier molecular flexibility index (Phi) is 3.93. The first-order valence-electron chi connectivity index (χ1n) is 7.06. The second kappa shape index (κ2) is 5.55. The molecule has 0 aliphatic heterocycles. The van der Waals surface area contributed by atoms with E-state index in [1.54, 1.807) is 6.07 Å². The fraction of sp³-hybridized carbons (Fsp3) is 0.533. The van der Waals surface area contributed by atoms with Crippen LogP contribution in [0.15, 0.2) is 18.2 Å². The first-order valence-corrected chi connectivity index (χ1v) is 7.81. The van der Waals surface area contributed by atoms with Crippen molar-refractivity contribution in [3.8, 4) is 0 Å². The van der Waals surface area contributed by atoms with Gasteiger partial charge in [-0.05, 0) is 42.7 Å². The predicted octanol–water partition coefficient (Wildman–Crippen LogP) is 2.95. The van der Waals surface area contributed by atoms with Crippen LogP contribution < -0.4 is 11.1 Å². The normalized spacial score (nSPS) is 26.1. The minimum absolute atomic E-state index is 0.0127. The maximum atomic E-state index is 12.2. The van der Waals surface area contributed by atoms with Gasteiger partial charge in [-0.15, -0.1) is 0 Å². The van der Waals surface area contributed by atoms with Gasteiger partial charge in [0.05, 0.1) is 10.0 Å². The van der Waals surface area contributed by atoms with Gasteiger partial charge in [-0.2, -0.15) is 0 Å². The van der Waals surface area contributed by atoms with Crippen molar-refractivity contribution in [2.45, 2.75) is 31.2 Å². The standard InChI is InChI=1S/C15H18Cl2N2O/c16-12-3-1-2-9(14(12)17)10-6-11(10)15(20)19-13(7-18)8-4-5-8/h1-3,8,10-11,13H,4-7,18H2,(H,19,20). The van der Waals surface area contributed by atoms with Crippen LogP contribution in [0.3, 0.4) is 0 Å². The quantitative estimate of drug-likeness (QED) is 0.878. The number of carbonyl (C=O) groups excluding carboxylic acids is 1. The monoisotopic (exact) mass is 312 g/mol. The molecule has 0 bridgehead atoms. The summed E-state index contributed by atoms with van der Waals surface area (Å²) in [7, 11) is 0. The summed E-state index contributed by atoms with van der Waals surface area (Å²) in [4.78, 5) is 12.2. The SMILES string of the molecule is NCC(NC(=O)C1CC1c1cccc(Cl)c1Cl)C1CC1. The van der Waals surface area contributed by atoms with Crippen molar-refractivity contribution in [2.75, 3.05) is 6.54 Å². The van der Waals surface area contributed by atoms with Crippen LogP contribution in [0.1, 0.15) is 30.7 Å². The molecule has 3 rings (SSSR count). The Labute approximate surface area is 128 Å². The molecule has 3 unspecified atom stereocenters. The zero-order valence-electron chi connectivity index (χ0n) is 11.1. The van der Waals surface area contributed by atoms with Gasteiger partial charge in [-0.25, -0.2) is 0 Å². The van der Waals surface area contributed by atoms with Gasteiger partial charge in [0.25, 0.3) is 0 Å². The van der Waals surface area contributed by atoms with Crippen molar-refractivity contribution in [2.24, 2.45) is 17.6 Å². The maximum Gasteiger partial charge on any atom is 0.224 e. The lowest BCUT2D eigenvalue weighted by atomic mass is 10.1. The summed E-state index contributed by atoms with van der Waals surface area (Å²) in [5.74, 6) is 0.891. The molecule has 1 aromatic rings. The molecule has 3 nitrogen and oxygen atoms in total. The number of nitrogens with two attached hydrogens (primary N) is 1. The van der Waals surface area contributed by atoms with E-state index in [9.17, 15) is 4.79 Å². The molecule has 2 aliphatic carbocycles. The Morgan fingerprint density at radius 3 is 2.80 bits per heavy atom. The average molecular weight is 313 g/mol. The Morgan fingerprint density at radius 1 is 1.40 bits per heavy atom. The predicted molar refractivity (Wildman–Crippen MR) is 81.0 cm³/mol. The van der Waals surface area contributed by atoms with Crippen LogP contribution in [0.5, 0.6) is 0 Å². The molecule has 0 spiro atoms. The van der Waals surface area contributed by atoms with Gasteiger partial charge >= 0.3 is 0 Å². The lowest BCUT2D eigenvalue weighted by molar-refractivity contribution is -0.123. The van der Waals surface area contributed by atoms with Crippen LogP contribution in [0.4, 0.5) is 0 Å². The smallest absolute Gasteiger partial charge is 0.224 e. The minimum Gasteiger partial charge on any atom is -0.352 e. The van der Waals surface area contributed by atoms with Crippen LogP contribution in [-0.4, -0.2) is 18.5 Å². The number of carbonyl (C=O) groups is 1. The van der Waals surface area contributed by atoms with Gasteiger partial charge in [-0.3, -0.25) is 4.79 Å². The van der Waals surface area contributed by atoms with Crippen LogP contribution in [0.25, 0.3) is 0 Å². The molecular formula is C15H18Cl2N2O. The van der Waals surface area contributed by atoms with Crippen molar-refractivity contribution < 1.29 is 4.79 Å². The molecule has 0 radical (unpaired) electrons. The van der Waals surface area contributed by atoms with E-state index >= 15 is 0 Å². The summed E-state index contributed by atoms with van der Waals surface area (Å²) >= 11 is 12.2. The fourth-order valence-corrected chi connectivity index (χ4v) is 3.24. The zero-order valence-corrected chi connectivity index (χ0v) is 12.6. The average Bonchev–Trinajstić information content (AvgIpc) is 3.30. The molecule has 3 atom stereocenters. The van der Waals surface area contributed by atoms with E-state index < -0.39 is 0 Å².